The largest absolute Gasteiger partial charge is 0.366 e. The van der Waals surface area contributed by atoms with Gasteiger partial charge in [-0.15, -0.1) is 11.3 Å². The van der Waals surface area contributed by atoms with Gasteiger partial charge in [0.2, 0.25) is 0 Å². The van der Waals surface area contributed by atoms with Gasteiger partial charge in [0.05, 0.1) is 16.3 Å². The molecule has 0 bridgehead atoms. The summed E-state index contributed by atoms with van der Waals surface area (Å²) in [6, 6.07) is 20.6. The average molecular weight is 447 g/mol. The molecule has 5 nitrogen and oxygen atoms in total. The number of anilines is 1. The Morgan fingerprint density at radius 2 is 1.78 bits per heavy atom. The highest BCUT2D eigenvalue weighted by Crippen LogP contribution is 2.27. The molecule has 1 amide bonds. The summed E-state index contributed by atoms with van der Waals surface area (Å²) in [6.07, 6.45) is 0. The van der Waals surface area contributed by atoms with Crippen LogP contribution in [0.3, 0.4) is 0 Å². The number of thiophene rings is 1. The first-order chi connectivity index (χ1) is 15.6. The van der Waals surface area contributed by atoms with Crippen LogP contribution in [-0.2, 0) is 0 Å². The molecule has 5 rings (SSSR count). The summed E-state index contributed by atoms with van der Waals surface area (Å²) in [5.41, 5.74) is 3.88. The molecule has 4 aromatic rings. The number of para-hydroxylation sites is 1. The van der Waals surface area contributed by atoms with Crippen LogP contribution in [-0.4, -0.2) is 46.8 Å². The van der Waals surface area contributed by atoms with Crippen molar-refractivity contribution in [1.29, 1.82) is 0 Å². The molecule has 1 fully saturated rings. The van der Waals surface area contributed by atoms with Crippen LogP contribution < -0.4 is 4.90 Å². The topological polar surface area (TPSA) is 41.4 Å². The Bertz CT molecular complexity index is 1240. The van der Waals surface area contributed by atoms with E-state index in [2.05, 4.69) is 0 Å². The van der Waals surface area contributed by atoms with Gasteiger partial charge >= 0.3 is 0 Å². The number of nitrogens with zero attached hydrogens (tertiary/aromatic N) is 4. The highest BCUT2D eigenvalue weighted by Gasteiger charge is 2.27. The number of halogens is 1. The number of piperazine rings is 1. The third-order valence-corrected chi connectivity index (χ3v) is 6.60. The SMILES string of the molecule is Cc1cccc(-n2nc(-c3cccs3)cc2C(=O)N2CCN(c3ccccc3F)CC2)c1. The molecule has 0 radical (unpaired) electrons. The molecule has 0 N–H and O–H groups in total. The molecular formula is C25H23FN4OS. The van der Waals surface area contributed by atoms with Crippen molar-refractivity contribution in [2.24, 2.45) is 0 Å². The van der Waals surface area contributed by atoms with Crippen molar-refractivity contribution in [3.05, 3.63) is 89.2 Å². The molecule has 0 unspecified atom stereocenters. The van der Waals surface area contributed by atoms with Gasteiger partial charge in [-0.1, -0.05) is 30.3 Å². The molecule has 2 aromatic carbocycles. The molecule has 1 aliphatic heterocycles. The van der Waals surface area contributed by atoms with Crippen molar-refractivity contribution in [1.82, 2.24) is 14.7 Å². The van der Waals surface area contributed by atoms with Crippen molar-refractivity contribution in [3.8, 4) is 16.3 Å². The fourth-order valence-electron chi connectivity index (χ4n) is 4.06. The van der Waals surface area contributed by atoms with Gasteiger partial charge in [-0.2, -0.15) is 5.10 Å². The van der Waals surface area contributed by atoms with Crippen LogP contribution >= 0.6 is 11.3 Å². The second kappa shape index (κ2) is 8.59. The Labute approximate surface area is 190 Å². The number of hydrogen-bond acceptors (Lipinski definition) is 4. The Morgan fingerprint density at radius 1 is 0.969 bits per heavy atom. The number of carbonyl (C=O) groups excluding carboxylic acids is 1. The molecule has 0 aliphatic carbocycles. The fourth-order valence-corrected chi connectivity index (χ4v) is 4.74. The highest BCUT2D eigenvalue weighted by atomic mass is 32.1. The molecule has 1 aliphatic rings. The maximum atomic E-state index is 14.2. The van der Waals surface area contributed by atoms with E-state index in [9.17, 15) is 9.18 Å². The third kappa shape index (κ3) is 3.91. The Kier molecular flexibility index (Phi) is 5.49. The maximum Gasteiger partial charge on any atom is 0.272 e. The van der Waals surface area contributed by atoms with Gasteiger partial charge in [-0.05, 0) is 54.3 Å². The molecular weight excluding hydrogens is 423 g/mol. The second-order valence-electron chi connectivity index (χ2n) is 7.87. The van der Waals surface area contributed by atoms with Gasteiger partial charge in [-0.25, -0.2) is 9.07 Å². The van der Waals surface area contributed by atoms with Crippen molar-refractivity contribution in [3.63, 3.8) is 0 Å². The van der Waals surface area contributed by atoms with E-state index in [4.69, 9.17) is 5.10 Å². The highest BCUT2D eigenvalue weighted by molar-refractivity contribution is 7.13. The quantitative estimate of drug-likeness (QED) is 0.443. The van der Waals surface area contributed by atoms with E-state index >= 15 is 0 Å². The van der Waals surface area contributed by atoms with Gasteiger partial charge in [0.1, 0.15) is 17.2 Å². The van der Waals surface area contributed by atoms with E-state index in [1.807, 2.05) is 70.6 Å². The van der Waals surface area contributed by atoms with Crippen molar-refractivity contribution >= 4 is 22.9 Å². The van der Waals surface area contributed by atoms with Crippen LogP contribution in [0.2, 0.25) is 0 Å². The van der Waals surface area contributed by atoms with Crippen LogP contribution in [0.25, 0.3) is 16.3 Å². The lowest BCUT2D eigenvalue weighted by molar-refractivity contribution is 0.0737. The van der Waals surface area contributed by atoms with Crippen LogP contribution in [0, 0.1) is 12.7 Å². The van der Waals surface area contributed by atoms with Crippen molar-refractivity contribution < 1.29 is 9.18 Å². The standard InChI is InChI=1S/C25H23FN4OS/c1-18-6-4-7-19(16-18)30-23(17-21(27-30)24-10-5-15-32-24)25(31)29-13-11-28(12-14-29)22-9-3-2-8-20(22)26/h2-10,15-17H,11-14H2,1H3. The molecule has 7 heteroatoms. The molecule has 0 atom stereocenters. The first-order valence-electron chi connectivity index (χ1n) is 10.6. The third-order valence-electron chi connectivity index (χ3n) is 5.71. The van der Waals surface area contributed by atoms with Gasteiger partial charge in [0, 0.05) is 26.2 Å². The van der Waals surface area contributed by atoms with E-state index in [1.54, 1.807) is 28.2 Å². The van der Waals surface area contributed by atoms with E-state index in [0.29, 0.717) is 37.6 Å². The Hall–Kier alpha value is -3.45. The van der Waals surface area contributed by atoms with Crippen LogP contribution in [0.5, 0.6) is 0 Å². The summed E-state index contributed by atoms with van der Waals surface area (Å²) in [5.74, 6) is -0.291. The number of aromatic nitrogens is 2. The normalized spacial score (nSPS) is 14.1. The zero-order valence-electron chi connectivity index (χ0n) is 17.7. The lowest BCUT2D eigenvalue weighted by atomic mass is 10.2. The second-order valence-corrected chi connectivity index (χ2v) is 8.82. The summed E-state index contributed by atoms with van der Waals surface area (Å²) in [4.78, 5) is 18.4. The van der Waals surface area contributed by atoms with Crippen LogP contribution in [0.1, 0.15) is 16.1 Å². The first kappa shape index (κ1) is 20.5. The van der Waals surface area contributed by atoms with Crippen LogP contribution in [0.15, 0.2) is 72.1 Å². The zero-order valence-corrected chi connectivity index (χ0v) is 18.6. The monoisotopic (exact) mass is 446 g/mol. The van der Waals surface area contributed by atoms with Gasteiger partial charge in [0.15, 0.2) is 0 Å². The van der Waals surface area contributed by atoms with E-state index in [-0.39, 0.29) is 11.7 Å². The van der Waals surface area contributed by atoms with Gasteiger partial charge in [-0.3, -0.25) is 4.79 Å². The number of amides is 1. The van der Waals surface area contributed by atoms with Gasteiger partial charge < -0.3 is 9.80 Å². The summed E-state index contributed by atoms with van der Waals surface area (Å²) in [6.45, 7) is 4.25. The van der Waals surface area contributed by atoms with Gasteiger partial charge in [0.25, 0.3) is 5.91 Å². The summed E-state index contributed by atoms with van der Waals surface area (Å²) in [5, 5.41) is 6.78. The number of benzene rings is 2. The summed E-state index contributed by atoms with van der Waals surface area (Å²) in [7, 11) is 0. The predicted octanol–water partition coefficient (Wildman–Crippen LogP) is 5.01. The number of hydrogen-bond donors (Lipinski definition) is 0. The van der Waals surface area contributed by atoms with E-state index in [0.717, 1.165) is 21.8 Å². The minimum absolute atomic E-state index is 0.0602. The molecule has 3 heterocycles. The molecule has 162 valence electrons. The first-order valence-corrected chi connectivity index (χ1v) is 11.5. The molecule has 0 spiro atoms. The molecule has 1 saturated heterocycles. The predicted molar refractivity (Wildman–Crippen MR) is 126 cm³/mol. The minimum atomic E-state index is -0.231. The fraction of sp³-hybridized carbons (Fsp3) is 0.200. The molecule has 0 saturated carbocycles. The number of rotatable bonds is 4. The Balaban J connectivity index is 1.43. The maximum absolute atomic E-state index is 14.2. The summed E-state index contributed by atoms with van der Waals surface area (Å²) < 4.78 is 15.9. The van der Waals surface area contributed by atoms with Crippen molar-refractivity contribution in [2.45, 2.75) is 6.92 Å². The van der Waals surface area contributed by atoms with E-state index in [1.165, 1.54) is 6.07 Å². The summed E-state index contributed by atoms with van der Waals surface area (Å²) >= 11 is 1.60. The van der Waals surface area contributed by atoms with Crippen LogP contribution in [0.4, 0.5) is 10.1 Å². The lowest BCUT2D eigenvalue weighted by Gasteiger charge is -2.36. The molecule has 2 aromatic heterocycles. The number of carbonyl (C=O) groups is 1. The zero-order chi connectivity index (χ0) is 22.1. The minimum Gasteiger partial charge on any atom is -0.366 e. The average Bonchev–Trinajstić information content (AvgIpc) is 3.49. The van der Waals surface area contributed by atoms with E-state index < -0.39 is 0 Å². The number of aryl methyl sites for hydroxylation is 1. The molecule has 32 heavy (non-hydrogen) atoms. The smallest absolute Gasteiger partial charge is 0.272 e. The Morgan fingerprint density at radius 3 is 2.50 bits per heavy atom. The van der Waals surface area contributed by atoms with Crippen molar-refractivity contribution in [2.75, 3.05) is 31.1 Å². The lowest BCUT2D eigenvalue weighted by Crippen LogP contribution is -2.49.